The zero-order valence-electron chi connectivity index (χ0n) is 18.3. The van der Waals surface area contributed by atoms with Gasteiger partial charge in [-0.15, -0.1) is 0 Å². The van der Waals surface area contributed by atoms with E-state index in [9.17, 15) is 19.8 Å². The van der Waals surface area contributed by atoms with Gasteiger partial charge in [-0.3, -0.25) is 4.79 Å². The Bertz CT molecular complexity index is 695. The molecule has 0 amide bonds. The molecule has 164 valence electrons. The predicted octanol–water partition coefficient (Wildman–Crippen LogP) is 2.56. The van der Waals surface area contributed by atoms with Gasteiger partial charge in [0.25, 0.3) is 0 Å². The van der Waals surface area contributed by atoms with Crippen molar-refractivity contribution >= 4 is 11.8 Å². The Hall–Kier alpha value is -1.50. The molecule has 2 aliphatic rings. The van der Waals surface area contributed by atoms with Crippen molar-refractivity contribution in [1.82, 2.24) is 0 Å². The van der Waals surface area contributed by atoms with E-state index in [1.165, 1.54) is 6.08 Å². The molecular formula is C23H36O6. The molecule has 29 heavy (non-hydrogen) atoms. The molecule has 0 spiro atoms. The highest BCUT2D eigenvalue weighted by Crippen LogP contribution is 2.61. The van der Waals surface area contributed by atoms with Crippen LogP contribution < -0.4 is 0 Å². The van der Waals surface area contributed by atoms with Crippen molar-refractivity contribution in [2.45, 2.75) is 72.5 Å². The molecule has 2 rings (SSSR count). The number of ketones is 1. The van der Waals surface area contributed by atoms with E-state index in [0.717, 1.165) is 17.6 Å². The third kappa shape index (κ3) is 4.98. The van der Waals surface area contributed by atoms with Crippen LogP contribution >= 0.6 is 0 Å². The smallest absolute Gasteiger partial charge is 0.330 e. The van der Waals surface area contributed by atoms with E-state index in [1.54, 1.807) is 6.08 Å². The second-order valence-electron chi connectivity index (χ2n) is 9.49. The van der Waals surface area contributed by atoms with Gasteiger partial charge >= 0.3 is 5.97 Å². The van der Waals surface area contributed by atoms with Crippen LogP contribution in [0.25, 0.3) is 0 Å². The molecule has 0 aromatic heterocycles. The highest BCUT2D eigenvalue weighted by atomic mass is 16.5. The first-order valence-corrected chi connectivity index (χ1v) is 10.5. The van der Waals surface area contributed by atoms with Crippen LogP contribution in [0.1, 0.15) is 60.3 Å². The summed E-state index contributed by atoms with van der Waals surface area (Å²) in [5, 5.41) is 28.9. The highest BCUT2D eigenvalue weighted by molar-refractivity contribution is 5.92. The topological polar surface area (TPSA) is 104 Å². The van der Waals surface area contributed by atoms with Crippen molar-refractivity contribution in [3.05, 3.63) is 23.3 Å². The summed E-state index contributed by atoms with van der Waals surface area (Å²) >= 11 is 0. The van der Waals surface area contributed by atoms with Crippen molar-refractivity contribution in [3.8, 4) is 0 Å². The summed E-state index contributed by atoms with van der Waals surface area (Å²) in [5.41, 5.74) is 1.45. The van der Waals surface area contributed by atoms with E-state index >= 15 is 0 Å². The van der Waals surface area contributed by atoms with Crippen molar-refractivity contribution in [1.29, 1.82) is 0 Å². The lowest BCUT2D eigenvalue weighted by atomic mass is 9.46. The summed E-state index contributed by atoms with van der Waals surface area (Å²) in [7, 11) is 0. The van der Waals surface area contributed by atoms with Crippen molar-refractivity contribution in [3.63, 3.8) is 0 Å². The van der Waals surface area contributed by atoms with E-state index in [4.69, 9.17) is 9.84 Å². The van der Waals surface area contributed by atoms with Crippen LogP contribution in [0.4, 0.5) is 0 Å². The number of ether oxygens (including phenoxy) is 1. The monoisotopic (exact) mass is 408 g/mol. The lowest BCUT2D eigenvalue weighted by molar-refractivity contribution is -0.141. The van der Waals surface area contributed by atoms with Crippen LogP contribution in [0.2, 0.25) is 0 Å². The Kier molecular flexibility index (Phi) is 7.47. The molecule has 0 saturated heterocycles. The largest absolute Gasteiger partial charge is 0.460 e. The van der Waals surface area contributed by atoms with E-state index in [0.29, 0.717) is 19.3 Å². The van der Waals surface area contributed by atoms with Gasteiger partial charge in [-0.05, 0) is 61.9 Å². The zero-order chi connectivity index (χ0) is 22.0. The summed E-state index contributed by atoms with van der Waals surface area (Å²) in [5.74, 6) is -0.213. The van der Waals surface area contributed by atoms with E-state index in [1.807, 2.05) is 13.8 Å². The Morgan fingerprint density at radius 3 is 2.69 bits per heavy atom. The van der Waals surface area contributed by atoms with Crippen molar-refractivity contribution in [2.24, 2.45) is 22.7 Å². The Balaban J connectivity index is 2.14. The molecule has 0 aliphatic heterocycles. The number of hydrogen-bond donors (Lipinski definition) is 3. The standard InChI is InChI=1S/C23H36O6/c1-14(8-21(28)29-13-18(26)12-24)6-7-22(4)16(3)19(27)11-23(5)15(2)9-17(25)10-20(22)23/h8-9,16,18-20,24,26-27H,6-7,10-13H2,1-5H3/t16-,18+,19-,20-,22+,23+/m0/s1. The molecular weight excluding hydrogens is 372 g/mol. The lowest BCUT2D eigenvalue weighted by Crippen LogP contribution is -2.55. The van der Waals surface area contributed by atoms with Gasteiger partial charge in [-0.2, -0.15) is 0 Å². The van der Waals surface area contributed by atoms with Crippen LogP contribution in [0.15, 0.2) is 23.3 Å². The van der Waals surface area contributed by atoms with Gasteiger partial charge in [0.15, 0.2) is 5.78 Å². The van der Waals surface area contributed by atoms with E-state index in [-0.39, 0.29) is 35.1 Å². The number of aliphatic hydroxyl groups excluding tert-OH is 3. The number of carbonyl (C=O) groups excluding carboxylic acids is 2. The first-order chi connectivity index (χ1) is 13.4. The molecule has 0 radical (unpaired) electrons. The molecule has 6 atom stereocenters. The highest BCUT2D eigenvalue weighted by Gasteiger charge is 2.57. The van der Waals surface area contributed by atoms with Crippen LogP contribution in [0.3, 0.4) is 0 Å². The summed E-state index contributed by atoms with van der Waals surface area (Å²) < 4.78 is 4.93. The average Bonchev–Trinajstić information content (AvgIpc) is 2.65. The number of hydrogen-bond acceptors (Lipinski definition) is 6. The summed E-state index contributed by atoms with van der Waals surface area (Å²) in [6.45, 7) is 9.54. The second kappa shape index (κ2) is 9.11. The molecule has 3 N–H and O–H groups in total. The Labute approximate surface area is 173 Å². The van der Waals surface area contributed by atoms with Gasteiger partial charge in [0, 0.05) is 12.5 Å². The molecule has 0 aromatic rings. The van der Waals surface area contributed by atoms with Gasteiger partial charge in [-0.1, -0.05) is 31.9 Å². The molecule has 0 bridgehead atoms. The summed E-state index contributed by atoms with van der Waals surface area (Å²) in [6, 6.07) is 0. The van der Waals surface area contributed by atoms with Crippen molar-refractivity contribution in [2.75, 3.05) is 13.2 Å². The van der Waals surface area contributed by atoms with E-state index < -0.39 is 24.8 Å². The lowest BCUT2D eigenvalue weighted by Gasteiger charge is -2.59. The second-order valence-corrected chi connectivity index (χ2v) is 9.49. The maximum atomic E-state index is 12.3. The molecule has 0 aromatic carbocycles. The van der Waals surface area contributed by atoms with Gasteiger partial charge in [-0.25, -0.2) is 4.79 Å². The van der Waals surface area contributed by atoms with Crippen LogP contribution in [0.5, 0.6) is 0 Å². The predicted molar refractivity (Wildman–Crippen MR) is 110 cm³/mol. The number of rotatable bonds is 7. The Morgan fingerprint density at radius 1 is 1.41 bits per heavy atom. The minimum absolute atomic E-state index is 0.0405. The SMILES string of the molecule is CC(=CC(=O)OC[C@H](O)CO)CC[C@]1(C)[C@@H](C)[C@@H](O)C[C@]2(C)C(C)=CC(=O)C[C@@H]12. The van der Waals surface area contributed by atoms with Crippen LogP contribution in [-0.2, 0) is 14.3 Å². The first kappa shape index (κ1) is 23.8. The fourth-order valence-corrected chi connectivity index (χ4v) is 5.21. The number of aliphatic hydroxyl groups is 3. The number of esters is 1. The summed E-state index contributed by atoms with van der Waals surface area (Å²) in [6.07, 6.45) is 4.19. The molecule has 1 fully saturated rings. The zero-order valence-corrected chi connectivity index (χ0v) is 18.3. The van der Waals surface area contributed by atoms with Gasteiger partial charge < -0.3 is 20.1 Å². The molecule has 0 unspecified atom stereocenters. The fraction of sp³-hybridized carbons (Fsp3) is 0.739. The number of carbonyl (C=O) groups is 2. The normalized spacial score (nSPS) is 36.3. The minimum atomic E-state index is -1.08. The van der Waals surface area contributed by atoms with E-state index in [2.05, 4.69) is 20.8 Å². The number of fused-ring (bicyclic) bond motifs is 1. The molecule has 6 heteroatoms. The van der Waals surface area contributed by atoms with Gasteiger partial charge in [0.2, 0.25) is 0 Å². The Morgan fingerprint density at radius 2 is 2.07 bits per heavy atom. The average molecular weight is 409 g/mol. The van der Waals surface area contributed by atoms with Gasteiger partial charge in [0.05, 0.1) is 12.7 Å². The molecule has 1 saturated carbocycles. The van der Waals surface area contributed by atoms with Crippen LogP contribution in [0, 0.1) is 22.7 Å². The number of allylic oxidation sites excluding steroid dienone is 3. The maximum Gasteiger partial charge on any atom is 0.330 e. The maximum absolute atomic E-state index is 12.3. The summed E-state index contributed by atoms with van der Waals surface area (Å²) in [4.78, 5) is 24.2. The first-order valence-electron chi connectivity index (χ1n) is 10.5. The molecule has 6 nitrogen and oxygen atoms in total. The fourth-order valence-electron chi connectivity index (χ4n) is 5.21. The minimum Gasteiger partial charge on any atom is -0.460 e. The quantitative estimate of drug-likeness (QED) is 0.442. The molecule has 2 aliphatic carbocycles. The third-order valence-electron chi connectivity index (χ3n) is 7.55. The molecule has 0 heterocycles. The van der Waals surface area contributed by atoms with Crippen molar-refractivity contribution < 1.29 is 29.6 Å². The van der Waals surface area contributed by atoms with Gasteiger partial charge in [0.1, 0.15) is 12.7 Å². The third-order valence-corrected chi connectivity index (χ3v) is 7.55. The van der Waals surface area contributed by atoms with Crippen LogP contribution in [-0.4, -0.2) is 52.5 Å².